The lowest BCUT2D eigenvalue weighted by Crippen LogP contribution is -2.35. The Labute approximate surface area is 133 Å². The number of benzene rings is 1. The van der Waals surface area contributed by atoms with Gasteiger partial charge in [0, 0.05) is 43.4 Å². The highest BCUT2D eigenvalue weighted by Gasteiger charge is 2.41. The van der Waals surface area contributed by atoms with Crippen molar-refractivity contribution in [2.45, 2.75) is 44.8 Å². The molecule has 1 atom stereocenters. The zero-order valence-electron chi connectivity index (χ0n) is 13.5. The topological polar surface area (TPSA) is 55.7 Å². The van der Waals surface area contributed by atoms with Crippen molar-refractivity contribution in [1.29, 1.82) is 0 Å². The van der Waals surface area contributed by atoms with Crippen LogP contribution in [-0.4, -0.2) is 42.6 Å². The molecule has 0 radical (unpaired) electrons. The molecule has 1 aromatic rings. The van der Waals surface area contributed by atoms with Gasteiger partial charge in [-0.15, -0.1) is 0 Å². The maximum atomic E-state index is 9.59. The third-order valence-electron chi connectivity index (χ3n) is 5.30. The number of nitrogens with zero attached hydrogens (tertiary/aromatic N) is 1. The molecule has 1 unspecified atom stereocenters. The lowest BCUT2D eigenvalue weighted by Gasteiger charge is -2.31. The molecule has 0 bridgehead atoms. The van der Waals surface area contributed by atoms with Crippen molar-refractivity contribution in [3.63, 3.8) is 0 Å². The van der Waals surface area contributed by atoms with Crippen LogP contribution in [0.5, 0.6) is 0 Å². The SMILES string of the molecule is CC(NCC1(CO)CC1)c1ccc(N2CCC(O)CC2)cc1. The van der Waals surface area contributed by atoms with Gasteiger partial charge in [0.05, 0.1) is 6.10 Å². The summed E-state index contributed by atoms with van der Waals surface area (Å²) in [5, 5.41) is 22.5. The fourth-order valence-corrected chi connectivity index (χ4v) is 3.15. The van der Waals surface area contributed by atoms with E-state index in [1.54, 1.807) is 0 Å². The van der Waals surface area contributed by atoms with Gasteiger partial charge in [-0.05, 0) is 50.3 Å². The van der Waals surface area contributed by atoms with Crippen molar-refractivity contribution >= 4 is 5.69 Å². The van der Waals surface area contributed by atoms with Crippen molar-refractivity contribution in [2.75, 3.05) is 31.1 Å². The number of aliphatic hydroxyl groups excluding tert-OH is 2. The Bertz CT molecular complexity index is 476. The van der Waals surface area contributed by atoms with Crippen molar-refractivity contribution in [1.82, 2.24) is 5.32 Å². The van der Waals surface area contributed by atoms with Crippen LogP contribution in [0.25, 0.3) is 0 Å². The largest absolute Gasteiger partial charge is 0.396 e. The smallest absolute Gasteiger partial charge is 0.0574 e. The van der Waals surface area contributed by atoms with Crippen LogP contribution >= 0.6 is 0 Å². The summed E-state index contributed by atoms with van der Waals surface area (Å²) < 4.78 is 0. The highest BCUT2D eigenvalue weighted by molar-refractivity contribution is 5.48. The highest BCUT2D eigenvalue weighted by Crippen LogP contribution is 2.44. The highest BCUT2D eigenvalue weighted by atomic mass is 16.3. The lowest BCUT2D eigenvalue weighted by atomic mass is 10.0. The second kappa shape index (κ2) is 6.57. The van der Waals surface area contributed by atoms with Crippen LogP contribution in [0, 0.1) is 5.41 Å². The van der Waals surface area contributed by atoms with Crippen LogP contribution in [0.2, 0.25) is 0 Å². The van der Waals surface area contributed by atoms with Gasteiger partial charge in [-0.25, -0.2) is 0 Å². The molecule has 0 amide bonds. The molecule has 3 rings (SSSR count). The van der Waals surface area contributed by atoms with Crippen molar-refractivity contribution < 1.29 is 10.2 Å². The van der Waals surface area contributed by atoms with E-state index >= 15 is 0 Å². The van der Waals surface area contributed by atoms with Gasteiger partial charge in [0.25, 0.3) is 0 Å². The lowest BCUT2D eigenvalue weighted by molar-refractivity contribution is 0.145. The Kier molecular flexibility index (Phi) is 4.71. The Morgan fingerprint density at radius 2 is 1.86 bits per heavy atom. The second-order valence-electron chi connectivity index (χ2n) is 7.07. The molecule has 1 aliphatic carbocycles. The molecule has 1 saturated carbocycles. The zero-order valence-corrected chi connectivity index (χ0v) is 13.5. The van der Waals surface area contributed by atoms with Crippen LogP contribution < -0.4 is 10.2 Å². The number of anilines is 1. The Morgan fingerprint density at radius 1 is 1.23 bits per heavy atom. The van der Waals surface area contributed by atoms with Crippen LogP contribution in [-0.2, 0) is 0 Å². The van der Waals surface area contributed by atoms with Gasteiger partial charge < -0.3 is 20.4 Å². The van der Waals surface area contributed by atoms with E-state index in [0.29, 0.717) is 12.6 Å². The number of nitrogens with one attached hydrogen (secondary N) is 1. The van der Waals surface area contributed by atoms with Crippen molar-refractivity contribution in [3.8, 4) is 0 Å². The quantitative estimate of drug-likeness (QED) is 0.753. The van der Waals surface area contributed by atoms with Gasteiger partial charge in [0.15, 0.2) is 0 Å². The number of rotatable bonds is 6. The minimum absolute atomic E-state index is 0.124. The summed E-state index contributed by atoms with van der Waals surface area (Å²) >= 11 is 0. The van der Waals surface area contributed by atoms with Crippen LogP contribution in [0.4, 0.5) is 5.69 Å². The molecule has 1 heterocycles. The average molecular weight is 304 g/mol. The molecular formula is C18H28N2O2. The first-order valence-corrected chi connectivity index (χ1v) is 8.49. The molecule has 2 fully saturated rings. The molecule has 3 N–H and O–H groups in total. The predicted molar refractivity (Wildman–Crippen MR) is 89.1 cm³/mol. The van der Waals surface area contributed by atoms with Crippen LogP contribution in [0.15, 0.2) is 24.3 Å². The minimum atomic E-state index is -0.124. The van der Waals surface area contributed by atoms with Crippen LogP contribution in [0.1, 0.15) is 44.2 Å². The predicted octanol–water partition coefficient (Wildman–Crippen LogP) is 2.07. The summed E-state index contributed by atoms with van der Waals surface area (Å²) in [6.07, 6.45) is 3.89. The van der Waals surface area contributed by atoms with Gasteiger partial charge in [-0.1, -0.05) is 12.1 Å². The third kappa shape index (κ3) is 3.62. The van der Waals surface area contributed by atoms with Crippen molar-refractivity contribution in [3.05, 3.63) is 29.8 Å². The van der Waals surface area contributed by atoms with Crippen LogP contribution in [0.3, 0.4) is 0 Å². The average Bonchev–Trinajstić information content (AvgIpc) is 3.34. The molecule has 4 nitrogen and oxygen atoms in total. The second-order valence-corrected chi connectivity index (χ2v) is 7.07. The number of hydrogen-bond donors (Lipinski definition) is 3. The van der Waals surface area contributed by atoms with E-state index in [1.165, 1.54) is 11.3 Å². The minimum Gasteiger partial charge on any atom is -0.396 e. The first kappa shape index (κ1) is 15.8. The molecule has 0 aromatic heterocycles. The van der Waals surface area contributed by atoms with E-state index in [4.69, 9.17) is 0 Å². The van der Waals surface area contributed by atoms with E-state index in [1.807, 2.05) is 0 Å². The zero-order chi connectivity index (χ0) is 15.6. The summed E-state index contributed by atoms with van der Waals surface area (Å²) in [4.78, 5) is 2.35. The molecule has 22 heavy (non-hydrogen) atoms. The number of piperidine rings is 1. The molecule has 2 aliphatic rings. The molecule has 122 valence electrons. The Balaban J connectivity index is 1.54. The van der Waals surface area contributed by atoms with Gasteiger partial charge >= 0.3 is 0 Å². The molecule has 1 aromatic carbocycles. The van der Waals surface area contributed by atoms with Gasteiger partial charge in [-0.2, -0.15) is 0 Å². The van der Waals surface area contributed by atoms with Gasteiger partial charge in [-0.3, -0.25) is 0 Å². The molecule has 4 heteroatoms. The fraction of sp³-hybridized carbons (Fsp3) is 0.667. The third-order valence-corrected chi connectivity index (χ3v) is 5.30. The first-order valence-electron chi connectivity index (χ1n) is 8.49. The summed E-state index contributed by atoms with van der Waals surface area (Å²) in [6, 6.07) is 9.06. The molecule has 1 aliphatic heterocycles. The molecular weight excluding hydrogens is 276 g/mol. The maximum absolute atomic E-state index is 9.59. The van der Waals surface area contributed by atoms with Crippen molar-refractivity contribution in [2.24, 2.45) is 5.41 Å². The molecule has 0 spiro atoms. The van der Waals surface area contributed by atoms with E-state index < -0.39 is 0 Å². The monoisotopic (exact) mass is 304 g/mol. The summed E-state index contributed by atoms with van der Waals surface area (Å²) in [5.74, 6) is 0. The van der Waals surface area contributed by atoms with E-state index in [2.05, 4.69) is 41.4 Å². The molecule has 1 saturated heterocycles. The summed E-state index contributed by atoms with van der Waals surface area (Å²) in [6.45, 7) is 5.25. The normalized spacial score (nSPS) is 22.6. The number of hydrogen-bond acceptors (Lipinski definition) is 4. The summed E-state index contributed by atoms with van der Waals surface area (Å²) in [7, 11) is 0. The van der Waals surface area contributed by atoms with Gasteiger partial charge in [0.1, 0.15) is 0 Å². The van der Waals surface area contributed by atoms with E-state index in [0.717, 1.165) is 45.3 Å². The fourth-order valence-electron chi connectivity index (χ4n) is 3.15. The first-order chi connectivity index (χ1) is 10.6. The Morgan fingerprint density at radius 3 is 2.41 bits per heavy atom. The standard InChI is InChI=1S/C18H28N2O2/c1-14(19-12-18(13-21)8-9-18)15-2-4-16(5-3-15)20-10-6-17(22)7-11-20/h2-5,14,17,19,21-22H,6-13H2,1H3. The summed E-state index contributed by atoms with van der Waals surface area (Å²) in [5.41, 5.74) is 2.69. The van der Waals surface area contributed by atoms with Gasteiger partial charge in [0.2, 0.25) is 0 Å². The maximum Gasteiger partial charge on any atom is 0.0574 e. The van der Waals surface area contributed by atoms with E-state index in [-0.39, 0.29) is 11.5 Å². The Hall–Kier alpha value is -1.10. The van der Waals surface area contributed by atoms with E-state index in [9.17, 15) is 10.2 Å². The number of aliphatic hydroxyl groups is 2.